The van der Waals surface area contributed by atoms with E-state index in [0.717, 1.165) is 49.9 Å². The van der Waals surface area contributed by atoms with Gasteiger partial charge in [-0.1, -0.05) is 0 Å². The molecule has 0 aromatic carbocycles. The largest absolute Gasteiger partial charge is 0.495 e. The third kappa shape index (κ3) is 2.87. The maximum atomic E-state index is 5.78. The van der Waals surface area contributed by atoms with E-state index in [1.807, 2.05) is 13.0 Å². The molecule has 0 saturated carbocycles. The minimum Gasteiger partial charge on any atom is -0.495 e. The van der Waals surface area contributed by atoms with Gasteiger partial charge < -0.3 is 15.2 Å². The lowest BCUT2D eigenvalue weighted by Crippen LogP contribution is -2.35. The Kier molecular flexibility index (Phi) is 3.81. The molecule has 2 rings (SSSR count). The van der Waals surface area contributed by atoms with Crippen LogP contribution in [-0.4, -0.2) is 43.3 Å². The molecular weight excluding hydrogens is 218 g/mol. The van der Waals surface area contributed by atoms with E-state index in [0.29, 0.717) is 5.82 Å². The third-order valence-electron chi connectivity index (χ3n) is 2.94. The van der Waals surface area contributed by atoms with Crippen LogP contribution in [-0.2, 0) is 11.3 Å². The summed E-state index contributed by atoms with van der Waals surface area (Å²) >= 11 is 0. The Labute approximate surface area is 102 Å². The summed E-state index contributed by atoms with van der Waals surface area (Å²) < 4.78 is 10.7. The number of morpholine rings is 1. The third-order valence-corrected chi connectivity index (χ3v) is 2.94. The molecule has 0 radical (unpaired) electrons. The lowest BCUT2D eigenvalue weighted by atomic mass is 10.1. The molecule has 1 aromatic rings. The van der Waals surface area contributed by atoms with E-state index < -0.39 is 0 Å². The molecule has 0 aliphatic carbocycles. The highest BCUT2D eigenvalue weighted by atomic mass is 16.5. The van der Waals surface area contributed by atoms with Crippen molar-refractivity contribution in [2.75, 3.05) is 39.1 Å². The number of hydrogen-bond acceptors (Lipinski definition) is 5. The molecule has 0 spiro atoms. The van der Waals surface area contributed by atoms with Gasteiger partial charge in [-0.25, -0.2) is 4.98 Å². The lowest BCUT2D eigenvalue weighted by molar-refractivity contribution is 0.0338. The van der Waals surface area contributed by atoms with Crippen molar-refractivity contribution in [1.29, 1.82) is 0 Å². The molecule has 17 heavy (non-hydrogen) atoms. The van der Waals surface area contributed by atoms with Gasteiger partial charge in [-0.2, -0.15) is 0 Å². The number of methoxy groups -OCH3 is 1. The van der Waals surface area contributed by atoms with Crippen molar-refractivity contribution >= 4 is 5.82 Å². The van der Waals surface area contributed by atoms with Crippen molar-refractivity contribution in [2.24, 2.45) is 0 Å². The number of hydrogen-bond donors (Lipinski definition) is 1. The van der Waals surface area contributed by atoms with Crippen LogP contribution in [0.1, 0.15) is 11.3 Å². The summed E-state index contributed by atoms with van der Waals surface area (Å²) in [6, 6.07) is 1.89. The smallest absolute Gasteiger partial charge is 0.144 e. The highest BCUT2D eigenvalue weighted by Gasteiger charge is 2.15. The predicted molar refractivity (Wildman–Crippen MR) is 66.0 cm³/mol. The van der Waals surface area contributed by atoms with E-state index in [1.165, 1.54) is 0 Å². The number of nitrogen functional groups attached to an aromatic ring is 1. The quantitative estimate of drug-likeness (QED) is 0.843. The van der Waals surface area contributed by atoms with Gasteiger partial charge in [0, 0.05) is 25.2 Å². The first-order valence-electron chi connectivity index (χ1n) is 5.81. The zero-order chi connectivity index (χ0) is 12.3. The van der Waals surface area contributed by atoms with Gasteiger partial charge in [0.2, 0.25) is 0 Å². The fourth-order valence-corrected chi connectivity index (χ4v) is 2.15. The van der Waals surface area contributed by atoms with Gasteiger partial charge in [0.1, 0.15) is 11.6 Å². The van der Waals surface area contributed by atoms with Crippen LogP contribution in [0.4, 0.5) is 5.82 Å². The number of pyridine rings is 1. The van der Waals surface area contributed by atoms with Crippen LogP contribution in [0, 0.1) is 6.92 Å². The molecule has 1 aromatic heterocycles. The number of ether oxygens (including phenoxy) is 2. The maximum absolute atomic E-state index is 5.78. The van der Waals surface area contributed by atoms with Crippen molar-refractivity contribution < 1.29 is 9.47 Å². The Hall–Kier alpha value is -1.33. The Morgan fingerprint density at radius 3 is 2.82 bits per heavy atom. The summed E-state index contributed by atoms with van der Waals surface area (Å²) in [5, 5.41) is 0. The number of nitrogens with zero attached hydrogens (tertiary/aromatic N) is 2. The van der Waals surface area contributed by atoms with Crippen LogP contribution in [0.3, 0.4) is 0 Å². The molecule has 2 N–H and O–H groups in total. The second-order valence-corrected chi connectivity index (χ2v) is 4.21. The molecule has 1 aliphatic rings. The summed E-state index contributed by atoms with van der Waals surface area (Å²) in [5.74, 6) is 1.39. The molecule has 0 amide bonds. The number of anilines is 1. The normalized spacial score (nSPS) is 17.1. The number of aromatic nitrogens is 1. The van der Waals surface area contributed by atoms with Crippen LogP contribution in [0.25, 0.3) is 0 Å². The molecule has 1 fully saturated rings. The summed E-state index contributed by atoms with van der Waals surface area (Å²) in [4.78, 5) is 6.54. The Bertz CT molecular complexity index is 390. The van der Waals surface area contributed by atoms with Gasteiger partial charge >= 0.3 is 0 Å². The van der Waals surface area contributed by atoms with E-state index in [4.69, 9.17) is 15.2 Å². The molecule has 1 saturated heterocycles. The van der Waals surface area contributed by atoms with E-state index in [1.54, 1.807) is 7.11 Å². The highest BCUT2D eigenvalue weighted by Crippen LogP contribution is 2.25. The molecule has 94 valence electrons. The van der Waals surface area contributed by atoms with Crippen LogP contribution < -0.4 is 10.5 Å². The van der Waals surface area contributed by atoms with E-state index >= 15 is 0 Å². The average Bonchev–Trinajstić information content (AvgIpc) is 2.30. The fourth-order valence-electron chi connectivity index (χ4n) is 2.15. The van der Waals surface area contributed by atoms with Gasteiger partial charge in [-0.3, -0.25) is 4.90 Å². The van der Waals surface area contributed by atoms with Crippen molar-refractivity contribution in [2.45, 2.75) is 13.5 Å². The van der Waals surface area contributed by atoms with Gasteiger partial charge in [-0.15, -0.1) is 0 Å². The first-order valence-corrected chi connectivity index (χ1v) is 5.81. The second-order valence-electron chi connectivity index (χ2n) is 4.21. The minimum absolute atomic E-state index is 0.548. The molecule has 0 unspecified atom stereocenters. The summed E-state index contributed by atoms with van der Waals surface area (Å²) in [6.07, 6.45) is 0. The number of aryl methyl sites for hydroxylation is 1. The van der Waals surface area contributed by atoms with Crippen molar-refractivity contribution in [1.82, 2.24) is 9.88 Å². The average molecular weight is 237 g/mol. The molecule has 5 heteroatoms. The SMILES string of the molecule is COc1c(CN2CCOCC2)cc(N)nc1C. The Morgan fingerprint density at radius 1 is 1.47 bits per heavy atom. The minimum atomic E-state index is 0.548. The van der Waals surface area contributed by atoms with Crippen LogP contribution in [0.5, 0.6) is 5.75 Å². The zero-order valence-corrected chi connectivity index (χ0v) is 10.4. The fraction of sp³-hybridized carbons (Fsp3) is 0.583. The first kappa shape index (κ1) is 12.1. The van der Waals surface area contributed by atoms with Crippen molar-refractivity contribution in [3.8, 4) is 5.75 Å². The second kappa shape index (κ2) is 5.33. The van der Waals surface area contributed by atoms with E-state index in [9.17, 15) is 0 Å². The van der Waals surface area contributed by atoms with Crippen molar-refractivity contribution in [3.05, 3.63) is 17.3 Å². The predicted octanol–water partition coefficient (Wildman–Crippen LogP) is 0.813. The van der Waals surface area contributed by atoms with Crippen LogP contribution in [0.15, 0.2) is 6.07 Å². The molecule has 0 bridgehead atoms. The van der Waals surface area contributed by atoms with Gasteiger partial charge in [-0.05, 0) is 13.0 Å². The number of rotatable bonds is 3. The molecule has 1 aliphatic heterocycles. The summed E-state index contributed by atoms with van der Waals surface area (Å²) in [7, 11) is 1.67. The van der Waals surface area contributed by atoms with Gasteiger partial charge in [0.25, 0.3) is 0 Å². The topological polar surface area (TPSA) is 60.6 Å². The number of nitrogens with two attached hydrogens (primary N) is 1. The zero-order valence-electron chi connectivity index (χ0n) is 10.4. The van der Waals surface area contributed by atoms with E-state index in [2.05, 4.69) is 9.88 Å². The van der Waals surface area contributed by atoms with Gasteiger partial charge in [0.15, 0.2) is 0 Å². The summed E-state index contributed by atoms with van der Waals surface area (Å²) in [5.41, 5.74) is 7.72. The Morgan fingerprint density at radius 2 is 2.18 bits per heavy atom. The van der Waals surface area contributed by atoms with Crippen LogP contribution >= 0.6 is 0 Å². The van der Waals surface area contributed by atoms with Crippen molar-refractivity contribution in [3.63, 3.8) is 0 Å². The standard InChI is InChI=1S/C12H19N3O2/c1-9-12(16-2)10(7-11(13)14-9)8-15-3-5-17-6-4-15/h7H,3-6,8H2,1-2H3,(H2,13,14). The van der Waals surface area contributed by atoms with Crippen LogP contribution in [0.2, 0.25) is 0 Å². The molecular formula is C12H19N3O2. The highest BCUT2D eigenvalue weighted by molar-refractivity contribution is 5.45. The molecule has 0 atom stereocenters. The lowest BCUT2D eigenvalue weighted by Gasteiger charge is -2.27. The summed E-state index contributed by atoms with van der Waals surface area (Å²) in [6.45, 7) is 6.23. The monoisotopic (exact) mass is 237 g/mol. The van der Waals surface area contributed by atoms with Gasteiger partial charge in [0.05, 0.1) is 26.0 Å². The molecule has 5 nitrogen and oxygen atoms in total. The Balaban J connectivity index is 2.18. The maximum Gasteiger partial charge on any atom is 0.144 e. The molecule has 2 heterocycles. The first-order chi connectivity index (χ1) is 8.20. The van der Waals surface area contributed by atoms with E-state index in [-0.39, 0.29) is 0 Å².